The fourth-order valence-electron chi connectivity index (χ4n) is 7.64. The van der Waals surface area contributed by atoms with Crippen LogP contribution >= 0.6 is 34.8 Å². The molecule has 11 heteroatoms. The first-order chi connectivity index (χ1) is 28.1. The number of hydrogen-bond acceptors (Lipinski definition) is 7. The number of amides is 1. The zero-order valence-electron chi connectivity index (χ0n) is 31.9. The van der Waals surface area contributed by atoms with Gasteiger partial charge in [-0.05, 0) is 67.6 Å². The van der Waals surface area contributed by atoms with E-state index in [4.69, 9.17) is 54.2 Å². The molecule has 0 saturated carbocycles. The number of aryl methyl sites for hydroxylation is 2. The number of hydrogen-bond donors (Lipinski definition) is 0. The largest absolute Gasteiger partial charge is 0.462 e. The second kappa shape index (κ2) is 16.2. The van der Waals surface area contributed by atoms with Crippen molar-refractivity contribution in [1.82, 2.24) is 14.9 Å². The molecule has 0 aliphatic rings. The first kappa shape index (κ1) is 39.0. The maximum atomic E-state index is 15.0. The predicted octanol–water partition coefficient (Wildman–Crippen LogP) is 11.6. The lowest BCUT2D eigenvalue weighted by Gasteiger charge is -2.25. The van der Waals surface area contributed by atoms with Crippen LogP contribution in [0.5, 0.6) is 5.75 Å². The summed E-state index contributed by atoms with van der Waals surface area (Å²) in [7, 11) is 0. The van der Waals surface area contributed by atoms with Crippen LogP contribution in [-0.2, 0) is 24.1 Å². The second-order valence-electron chi connectivity index (χ2n) is 14.1. The van der Waals surface area contributed by atoms with Crippen molar-refractivity contribution in [1.29, 1.82) is 0 Å². The first-order valence-electron chi connectivity index (χ1n) is 18.9. The van der Waals surface area contributed by atoms with Crippen molar-refractivity contribution in [2.45, 2.75) is 40.2 Å². The number of fused-ring (bicyclic) bond motifs is 2. The van der Waals surface area contributed by atoms with Gasteiger partial charge in [0.05, 0.1) is 38.8 Å². The van der Waals surface area contributed by atoms with Gasteiger partial charge in [-0.15, -0.1) is 0 Å². The molecule has 0 fully saturated rings. The van der Waals surface area contributed by atoms with Crippen molar-refractivity contribution in [2.24, 2.45) is 0 Å². The van der Waals surface area contributed by atoms with Crippen LogP contribution in [0, 0.1) is 6.92 Å². The zero-order valence-corrected chi connectivity index (χ0v) is 34.1. The quantitative estimate of drug-likeness (QED) is 0.0554. The van der Waals surface area contributed by atoms with Crippen molar-refractivity contribution >= 4 is 96.0 Å². The molecule has 0 bridgehead atoms. The van der Waals surface area contributed by atoms with Crippen molar-refractivity contribution in [2.75, 3.05) is 13.2 Å². The summed E-state index contributed by atoms with van der Waals surface area (Å²) in [6, 6.07) is 28.1. The van der Waals surface area contributed by atoms with E-state index in [-0.39, 0.29) is 39.4 Å². The molecule has 0 atom stereocenters. The van der Waals surface area contributed by atoms with Crippen LogP contribution in [0.1, 0.15) is 67.2 Å². The highest BCUT2D eigenvalue weighted by atomic mass is 35.5. The van der Waals surface area contributed by atoms with Crippen LogP contribution in [-0.4, -0.2) is 45.9 Å². The van der Waals surface area contributed by atoms with Gasteiger partial charge in [-0.25, -0.2) is 9.59 Å². The highest BCUT2D eigenvalue weighted by Gasteiger charge is 2.29. The van der Waals surface area contributed by atoms with E-state index in [0.29, 0.717) is 79.9 Å². The minimum absolute atomic E-state index is 0.00459. The highest BCUT2D eigenvalue weighted by molar-refractivity contribution is 6.40. The molecule has 2 heterocycles. The standard InChI is InChI=1S/C47H36Cl3N3O5/c1-4-29-23-51-42-32-15-17-33(45(54)53(20-19-27-9-7-6-8-10-27)25-28-13-11-26(3)12-14-28)39-35(46(55)57-5-2)24-52-43(41(32)39)31-16-18-34(38(29)40(31)42)47(56)58-44-36(49)21-30(48)22-37(44)50/h6-18,21-24H,4-5,19-20,25H2,1-3H3. The summed E-state index contributed by atoms with van der Waals surface area (Å²) in [4.78, 5) is 54.4. The van der Waals surface area contributed by atoms with E-state index in [2.05, 4.69) is 0 Å². The lowest BCUT2D eigenvalue weighted by molar-refractivity contribution is 0.0528. The van der Waals surface area contributed by atoms with Crippen LogP contribution < -0.4 is 4.74 Å². The number of esters is 2. The fraction of sp³-hybridized carbons (Fsp3) is 0.170. The summed E-state index contributed by atoms with van der Waals surface area (Å²) in [5, 5.41) is 4.18. The molecule has 8 rings (SSSR count). The van der Waals surface area contributed by atoms with Crippen molar-refractivity contribution < 1.29 is 23.9 Å². The number of halogens is 3. The summed E-state index contributed by atoms with van der Waals surface area (Å²) >= 11 is 18.9. The Kier molecular flexibility index (Phi) is 10.9. The fourth-order valence-corrected chi connectivity index (χ4v) is 8.54. The molecule has 0 saturated heterocycles. The number of nitrogens with zero attached hydrogens (tertiary/aromatic N) is 3. The summed E-state index contributed by atoms with van der Waals surface area (Å²) in [6.07, 6.45) is 4.41. The Morgan fingerprint density at radius 2 is 1.31 bits per heavy atom. The molecule has 290 valence electrons. The monoisotopic (exact) mass is 827 g/mol. The number of benzene rings is 6. The van der Waals surface area contributed by atoms with E-state index in [0.717, 1.165) is 22.3 Å². The van der Waals surface area contributed by atoms with Gasteiger partial charge in [0.1, 0.15) is 0 Å². The van der Waals surface area contributed by atoms with Gasteiger partial charge < -0.3 is 14.4 Å². The van der Waals surface area contributed by atoms with Gasteiger partial charge in [0.15, 0.2) is 5.75 Å². The summed E-state index contributed by atoms with van der Waals surface area (Å²) in [5.74, 6) is -1.51. The molecule has 0 aliphatic carbocycles. The van der Waals surface area contributed by atoms with Gasteiger partial charge in [0.25, 0.3) is 5.91 Å². The van der Waals surface area contributed by atoms with Crippen molar-refractivity contribution in [3.8, 4) is 5.75 Å². The van der Waals surface area contributed by atoms with Gasteiger partial charge in [0.2, 0.25) is 0 Å². The number of aromatic nitrogens is 2. The van der Waals surface area contributed by atoms with Gasteiger partial charge in [-0.1, -0.05) is 114 Å². The normalized spacial score (nSPS) is 11.5. The Morgan fingerprint density at radius 1 is 0.672 bits per heavy atom. The van der Waals surface area contributed by atoms with Crippen LogP contribution in [0.15, 0.2) is 103 Å². The van der Waals surface area contributed by atoms with Crippen LogP contribution in [0.4, 0.5) is 0 Å². The third-order valence-electron chi connectivity index (χ3n) is 10.4. The van der Waals surface area contributed by atoms with Crippen LogP contribution in [0.3, 0.4) is 0 Å². The summed E-state index contributed by atoms with van der Waals surface area (Å²) < 4.78 is 11.4. The highest BCUT2D eigenvalue weighted by Crippen LogP contribution is 2.43. The third-order valence-corrected chi connectivity index (χ3v) is 11.2. The Morgan fingerprint density at radius 3 is 1.97 bits per heavy atom. The molecule has 0 spiro atoms. The molecule has 0 aliphatic heterocycles. The smallest absolute Gasteiger partial charge is 0.344 e. The molecular formula is C47H36Cl3N3O5. The van der Waals surface area contributed by atoms with Crippen LogP contribution in [0.25, 0.3) is 43.4 Å². The lowest BCUT2D eigenvalue weighted by atomic mass is 9.88. The Hall–Kier alpha value is -5.80. The average molecular weight is 829 g/mol. The predicted molar refractivity (Wildman–Crippen MR) is 231 cm³/mol. The summed E-state index contributed by atoms with van der Waals surface area (Å²) in [5.41, 5.74) is 5.91. The molecule has 8 aromatic rings. The van der Waals surface area contributed by atoms with E-state index in [9.17, 15) is 9.59 Å². The maximum Gasteiger partial charge on any atom is 0.344 e. The van der Waals surface area contributed by atoms with Gasteiger partial charge >= 0.3 is 11.9 Å². The molecule has 6 aromatic carbocycles. The maximum absolute atomic E-state index is 15.0. The van der Waals surface area contributed by atoms with Crippen molar-refractivity contribution in [3.63, 3.8) is 0 Å². The Balaban J connectivity index is 1.34. The molecule has 0 unspecified atom stereocenters. The molecular weight excluding hydrogens is 793 g/mol. The van der Waals surface area contributed by atoms with E-state index in [1.54, 1.807) is 31.3 Å². The molecule has 0 N–H and O–H groups in total. The molecule has 2 aromatic heterocycles. The third kappa shape index (κ3) is 7.17. The van der Waals surface area contributed by atoms with Gasteiger partial charge in [-0.3, -0.25) is 14.8 Å². The Bertz CT molecular complexity index is 2860. The molecule has 58 heavy (non-hydrogen) atoms. The number of ether oxygens (including phenoxy) is 2. The number of carbonyl (C=O) groups excluding carboxylic acids is 3. The number of pyridine rings is 2. The minimum atomic E-state index is -0.670. The lowest BCUT2D eigenvalue weighted by Crippen LogP contribution is -2.33. The van der Waals surface area contributed by atoms with E-state index >= 15 is 4.79 Å². The number of rotatable bonds is 11. The van der Waals surface area contributed by atoms with Crippen molar-refractivity contribution in [3.05, 3.63) is 157 Å². The molecule has 0 radical (unpaired) electrons. The first-order valence-corrected chi connectivity index (χ1v) is 20.0. The molecule has 1 amide bonds. The summed E-state index contributed by atoms with van der Waals surface area (Å²) in [6.45, 7) is 6.67. The van der Waals surface area contributed by atoms with Gasteiger partial charge in [-0.2, -0.15) is 0 Å². The van der Waals surface area contributed by atoms with E-state index < -0.39 is 11.9 Å². The van der Waals surface area contributed by atoms with E-state index in [1.165, 1.54) is 18.3 Å². The van der Waals surface area contributed by atoms with E-state index in [1.807, 2.05) is 79.4 Å². The average Bonchev–Trinajstić information content (AvgIpc) is 3.22. The number of carbonyl (C=O) groups is 3. The minimum Gasteiger partial charge on any atom is -0.462 e. The second-order valence-corrected chi connectivity index (χ2v) is 15.3. The van der Waals surface area contributed by atoms with Gasteiger partial charge in [0, 0.05) is 68.4 Å². The topological polar surface area (TPSA) is 98.7 Å². The Labute approximate surface area is 349 Å². The zero-order chi connectivity index (χ0) is 40.7. The van der Waals surface area contributed by atoms with Crippen LogP contribution in [0.2, 0.25) is 15.1 Å². The molecule has 8 nitrogen and oxygen atoms in total. The SMILES string of the molecule is CCOC(=O)c1cnc2c3ccc(C(=O)Oc4c(Cl)cc(Cl)cc4Cl)c4c(CC)cnc(c5ccc(C(=O)N(CCc6ccccc6)Cc6ccc(C)cc6)c1c52)c43.